The van der Waals surface area contributed by atoms with Crippen LogP contribution < -0.4 is 14.8 Å². The molecule has 0 heterocycles. The molecule has 0 fully saturated rings. The van der Waals surface area contributed by atoms with Crippen LogP contribution >= 0.6 is 22.6 Å². The lowest BCUT2D eigenvalue weighted by atomic mass is 10.1. The standard InChI is InChI=1S/C21H15F3IN3O6/c1-33-19-8-12(11-26-14-3-2-4-15(10-14)27(29)30)7-16(25)20(19)34-18-6-5-13(21(22,23)24)9-17(18)28(31)32/h2-10,26H,11H2,1H3. The van der Waals surface area contributed by atoms with Gasteiger partial charge in [-0.15, -0.1) is 0 Å². The molecule has 34 heavy (non-hydrogen) atoms. The number of nitro benzene ring substituents is 2. The first-order valence-electron chi connectivity index (χ1n) is 9.38. The number of nitro groups is 2. The Morgan fingerprint density at radius 2 is 1.74 bits per heavy atom. The Kier molecular flexibility index (Phi) is 7.44. The van der Waals surface area contributed by atoms with Gasteiger partial charge in [0.2, 0.25) is 5.75 Å². The topological polar surface area (TPSA) is 117 Å². The monoisotopic (exact) mass is 589 g/mol. The summed E-state index contributed by atoms with van der Waals surface area (Å²) in [5.74, 6) is -0.0984. The molecule has 0 saturated carbocycles. The molecule has 0 aliphatic heterocycles. The van der Waals surface area contributed by atoms with Gasteiger partial charge in [0.15, 0.2) is 11.5 Å². The van der Waals surface area contributed by atoms with Crippen LogP contribution in [0.5, 0.6) is 17.2 Å². The second-order valence-electron chi connectivity index (χ2n) is 6.81. The molecule has 0 spiro atoms. The van der Waals surface area contributed by atoms with Gasteiger partial charge in [-0.1, -0.05) is 6.07 Å². The summed E-state index contributed by atoms with van der Waals surface area (Å²) in [6, 6.07) is 11.2. The van der Waals surface area contributed by atoms with Crippen molar-refractivity contribution in [3.05, 3.63) is 89.5 Å². The highest BCUT2D eigenvalue weighted by Gasteiger charge is 2.33. The molecule has 0 aliphatic rings. The molecule has 3 aromatic rings. The second kappa shape index (κ2) is 10.1. The van der Waals surface area contributed by atoms with Crippen molar-refractivity contribution in [2.45, 2.75) is 12.7 Å². The van der Waals surface area contributed by atoms with Gasteiger partial charge >= 0.3 is 11.9 Å². The lowest BCUT2D eigenvalue weighted by Crippen LogP contribution is -2.06. The number of alkyl halides is 3. The normalized spacial score (nSPS) is 11.1. The van der Waals surface area contributed by atoms with Crippen molar-refractivity contribution in [1.29, 1.82) is 0 Å². The highest BCUT2D eigenvalue weighted by Crippen LogP contribution is 2.42. The fraction of sp³-hybridized carbons (Fsp3) is 0.143. The minimum atomic E-state index is -4.75. The van der Waals surface area contributed by atoms with Gasteiger partial charge in [0.05, 0.1) is 26.1 Å². The van der Waals surface area contributed by atoms with Gasteiger partial charge < -0.3 is 14.8 Å². The van der Waals surface area contributed by atoms with Crippen molar-refractivity contribution in [3.63, 3.8) is 0 Å². The Morgan fingerprint density at radius 1 is 1.00 bits per heavy atom. The van der Waals surface area contributed by atoms with Crippen molar-refractivity contribution >= 4 is 39.7 Å². The molecule has 0 saturated heterocycles. The lowest BCUT2D eigenvalue weighted by Gasteiger charge is -2.15. The van der Waals surface area contributed by atoms with Gasteiger partial charge in [-0.2, -0.15) is 13.2 Å². The Balaban J connectivity index is 1.88. The summed E-state index contributed by atoms with van der Waals surface area (Å²) in [7, 11) is 1.34. The molecule has 3 rings (SSSR count). The molecule has 9 nitrogen and oxygen atoms in total. The molecule has 0 amide bonds. The number of rotatable bonds is 8. The number of nitrogens with zero attached hydrogens (tertiary/aromatic N) is 2. The molecule has 13 heteroatoms. The van der Waals surface area contributed by atoms with Crippen molar-refractivity contribution in [1.82, 2.24) is 0 Å². The molecule has 1 N–H and O–H groups in total. The minimum absolute atomic E-state index is 0.0703. The van der Waals surface area contributed by atoms with Gasteiger partial charge in [-0.3, -0.25) is 20.2 Å². The SMILES string of the molecule is COc1cc(CNc2cccc([N+](=O)[O-])c2)cc(I)c1Oc1ccc(C(F)(F)F)cc1[N+](=O)[O-]. The van der Waals surface area contributed by atoms with E-state index in [-0.39, 0.29) is 29.5 Å². The molecule has 0 unspecified atom stereocenters. The van der Waals surface area contributed by atoms with Crippen LogP contribution in [0.25, 0.3) is 0 Å². The van der Waals surface area contributed by atoms with E-state index in [2.05, 4.69) is 5.32 Å². The largest absolute Gasteiger partial charge is 0.493 e. The highest BCUT2D eigenvalue weighted by molar-refractivity contribution is 14.1. The van der Waals surface area contributed by atoms with Crippen molar-refractivity contribution in [2.24, 2.45) is 0 Å². The zero-order valence-corrected chi connectivity index (χ0v) is 19.4. The molecule has 0 atom stereocenters. The fourth-order valence-corrected chi connectivity index (χ4v) is 3.72. The van der Waals surface area contributed by atoms with Crippen LogP contribution in [0.2, 0.25) is 0 Å². The molecule has 0 radical (unpaired) electrons. The summed E-state index contributed by atoms with van der Waals surface area (Å²) < 4.78 is 50.3. The number of nitrogens with one attached hydrogen (secondary N) is 1. The van der Waals surface area contributed by atoms with Crippen LogP contribution in [0, 0.1) is 23.8 Å². The number of ether oxygens (including phenoxy) is 2. The van der Waals surface area contributed by atoms with Crippen LogP contribution in [-0.4, -0.2) is 17.0 Å². The third kappa shape index (κ3) is 5.84. The first-order valence-corrected chi connectivity index (χ1v) is 10.5. The summed E-state index contributed by atoms with van der Waals surface area (Å²) >= 11 is 1.91. The molecule has 0 aromatic heterocycles. The Bertz CT molecular complexity index is 1250. The first-order chi connectivity index (χ1) is 16.0. The van der Waals surface area contributed by atoms with Gasteiger partial charge in [-0.05, 0) is 58.5 Å². The number of hydrogen-bond acceptors (Lipinski definition) is 7. The van der Waals surface area contributed by atoms with E-state index >= 15 is 0 Å². The molecular formula is C21H15F3IN3O6. The molecule has 178 valence electrons. The second-order valence-corrected chi connectivity index (χ2v) is 7.97. The van der Waals surface area contributed by atoms with E-state index in [1.54, 1.807) is 24.3 Å². The molecule has 3 aromatic carbocycles. The Hall–Kier alpha value is -3.62. The van der Waals surface area contributed by atoms with E-state index in [1.807, 2.05) is 22.6 Å². The average molecular weight is 589 g/mol. The fourth-order valence-electron chi connectivity index (χ4n) is 2.94. The molecule has 0 aliphatic carbocycles. The predicted octanol–water partition coefficient (Wildman–Crippen LogP) is 6.54. The van der Waals surface area contributed by atoms with E-state index in [4.69, 9.17) is 9.47 Å². The van der Waals surface area contributed by atoms with E-state index in [1.165, 1.54) is 19.2 Å². The maximum atomic E-state index is 13.0. The maximum absolute atomic E-state index is 13.0. The molecule has 0 bridgehead atoms. The van der Waals surface area contributed by atoms with E-state index in [9.17, 15) is 33.4 Å². The van der Waals surface area contributed by atoms with Gasteiger partial charge in [0.25, 0.3) is 5.69 Å². The summed E-state index contributed by atoms with van der Waals surface area (Å²) in [6.07, 6.45) is -4.75. The smallest absolute Gasteiger partial charge is 0.416 e. The van der Waals surface area contributed by atoms with Crippen LogP contribution in [0.15, 0.2) is 54.6 Å². The Morgan fingerprint density at radius 3 is 2.35 bits per heavy atom. The first kappa shape index (κ1) is 25.0. The van der Waals surface area contributed by atoms with Gasteiger partial charge in [0, 0.05) is 30.4 Å². The summed E-state index contributed by atoms with van der Waals surface area (Å²) in [5.41, 5.74) is -0.871. The predicted molar refractivity (Wildman–Crippen MR) is 124 cm³/mol. The quantitative estimate of drug-likeness (QED) is 0.180. The minimum Gasteiger partial charge on any atom is -0.493 e. The Labute approximate surface area is 203 Å². The maximum Gasteiger partial charge on any atom is 0.416 e. The number of anilines is 1. The van der Waals surface area contributed by atoms with E-state index < -0.39 is 27.3 Å². The number of hydrogen-bond donors (Lipinski definition) is 1. The third-order valence-corrected chi connectivity index (χ3v) is 5.34. The zero-order chi connectivity index (χ0) is 25.0. The average Bonchev–Trinajstić information content (AvgIpc) is 2.78. The zero-order valence-electron chi connectivity index (χ0n) is 17.3. The lowest BCUT2D eigenvalue weighted by molar-refractivity contribution is -0.385. The van der Waals surface area contributed by atoms with Crippen molar-refractivity contribution in [2.75, 3.05) is 12.4 Å². The van der Waals surface area contributed by atoms with E-state index in [0.717, 1.165) is 6.07 Å². The van der Waals surface area contributed by atoms with Crippen LogP contribution in [0.1, 0.15) is 11.1 Å². The van der Waals surface area contributed by atoms with Crippen LogP contribution in [-0.2, 0) is 12.7 Å². The van der Waals surface area contributed by atoms with Crippen LogP contribution in [0.4, 0.5) is 30.2 Å². The van der Waals surface area contributed by atoms with Crippen molar-refractivity contribution in [3.8, 4) is 17.2 Å². The van der Waals surface area contributed by atoms with Crippen molar-refractivity contribution < 1.29 is 32.5 Å². The number of benzene rings is 3. The van der Waals surface area contributed by atoms with Gasteiger partial charge in [-0.25, -0.2) is 0 Å². The van der Waals surface area contributed by atoms with Crippen LogP contribution in [0.3, 0.4) is 0 Å². The number of non-ortho nitro benzene ring substituents is 1. The number of methoxy groups -OCH3 is 1. The summed E-state index contributed by atoms with van der Waals surface area (Å²) in [6.45, 7) is 0.258. The summed E-state index contributed by atoms with van der Waals surface area (Å²) in [5, 5.41) is 25.3. The highest BCUT2D eigenvalue weighted by atomic mass is 127. The van der Waals surface area contributed by atoms with Gasteiger partial charge in [0.1, 0.15) is 0 Å². The summed E-state index contributed by atoms with van der Waals surface area (Å²) in [4.78, 5) is 20.8. The van der Waals surface area contributed by atoms with E-state index in [0.29, 0.717) is 27.0 Å². The number of halogens is 4. The molecular weight excluding hydrogens is 574 g/mol. The third-order valence-electron chi connectivity index (χ3n) is 4.54.